The molecule has 1 aliphatic heterocycles. The first-order valence-corrected chi connectivity index (χ1v) is 9.47. The molecule has 0 spiro atoms. The second-order valence-electron chi connectivity index (χ2n) is 6.36. The van der Waals surface area contributed by atoms with E-state index >= 15 is 0 Å². The van der Waals surface area contributed by atoms with Gasteiger partial charge in [0, 0.05) is 11.6 Å². The summed E-state index contributed by atoms with van der Waals surface area (Å²) in [6.45, 7) is 6.40. The Morgan fingerprint density at radius 3 is 2.78 bits per heavy atom. The third kappa shape index (κ3) is 4.76. The summed E-state index contributed by atoms with van der Waals surface area (Å²) in [5.74, 6) is 0.573. The van der Waals surface area contributed by atoms with E-state index in [1.165, 1.54) is 24.4 Å². The molecule has 0 aliphatic carbocycles. The van der Waals surface area contributed by atoms with Gasteiger partial charge in [-0.1, -0.05) is 13.0 Å². The number of amides is 1. The molecule has 1 aromatic carbocycles. The van der Waals surface area contributed by atoms with Crippen molar-refractivity contribution in [2.45, 2.75) is 31.6 Å². The fraction of sp³-hybridized carbons (Fsp3) is 0.562. The summed E-state index contributed by atoms with van der Waals surface area (Å²) in [7, 11) is -2.15. The molecule has 2 rings (SSSR count). The lowest BCUT2D eigenvalue weighted by Crippen LogP contribution is -3.14. The summed E-state index contributed by atoms with van der Waals surface area (Å²) in [5, 5.41) is 2.82. The van der Waals surface area contributed by atoms with Gasteiger partial charge in [0.2, 0.25) is 10.0 Å². The molecule has 1 aromatic rings. The largest absolute Gasteiger partial charge is 0.327 e. The van der Waals surface area contributed by atoms with Gasteiger partial charge in [0.05, 0.1) is 18.0 Å². The lowest BCUT2D eigenvalue weighted by atomic mass is 10.0. The van der Waals surface area contributed by atoms with E-state index in [1.807, 2.05) is 0 Å². The van der Waals surface area contributed by atoms with Crippen molar-refractivity contribution < 1.29 is 18.1 Å². The van der Waals surface area contributed by atoms with E-state index in [4.69, 9.17) is 0 Å². The molecule has 0 bridgehead atoms. The summed E-state index contributed by atoms with van der Waals surface area (Å²) >= 11 is 0. The minimum atomic E-state index is -3.53. The monoisotopic (exact) mass is 340 g/mol. The summed E-state index contributed by atoms with van der Waals surface area (Å²) in [6.07, 6.45) is 2.38. The highest BCUT2D eigenvalue weighted by Gasteiger charge is 2.22. The Hall–Kier alpha value is -1.44. The molecule has 1 saturated heterocycles. The second-order valence-corrected chi connectivity index (χ2v) is 8.22. The van der Waals surface area contributed by atoms with Crippen LogP contribution in [0, 0.1) is 12.8 Å². The Kier molecular flexibility index (Phi) is 5.78. The maximum absolute atomic E-state index is 12.2. The maximum atomic E-state index is 12.2. The number of sulfonamides is 1. The third-order valence-electron chi connectivity index (χ3n) is 4.31. The maximum Gasteiger partial charge on any atom is 0.279 e. The molecule has 1 amide bonds. The first-order chi connectivity index (χ1) is 10.8. The molecule has 128 valence electrons. The van der Waals surface area contributed by atoms with Crippen molar-refractivity contribution in [1.82, 2.24) is 4.72 Å². The van der Waals surface area contributed by atoms with Crippen LogP contribution in [0.15, 0.2) is 23.1 Å². The number of quaternary nitrogens is 1. The SMILES string of the molecule is CNS(=O)(=O)c1cc(NC(=O)C[NH+]2CCC[C@@H](C)C2)ccc1C. The number of piperidine rings is 1. The number of hydrogen-bond donors (Lipinski definition) is 3. The van der Waals surface area contributed by atoms with Crippen LogP contribution in [0.2, 0.25) is 0 Å². The lowest BCUT2D eigenvalue weighted by Gasteiger charge is -2.27. The quantitative estimate of drug-likeness (QED) is 0.714. The van der Waals surface area contributed by atoms with Gasteiger partial charge in [-0.3, -0.25) is 4.79 Å². The average Bonchev–Trinajstić information content (AvgIpc) is 2.49. The lowest BCUT2D eigenvalue weighted by molar-refractivity contribution is -0.900. The number of benzene rings is 1. The molecule has 1 fully saturated rings. The Morgan fingerprint density at radius 1 is 1.39 bits per heavy atom. The molecule has 1 unspecified atom stereocenters. The van der Waals surface area contributed by atoms with Crippen LogP contribution in [-0.2, 0) is 14.8 Å². The van der Waals surface area contributed by atoms with Crippen LogP contribution in [0.3, 0.4) is 0 Å². The summed E-state index contributed by atoms with van der Waals surface area (Å²) in [5.41, 5.74) is 1.16. The van der Waals surface area contributed by atoms with E-state index in [-0.39, 0.29) is 10.8 Å². The van der Waals surface area contributed by atoms with E-state index < -0.39 is 10.0 Å². The van der Waals surface area contributed by atoms with Crippen LogP contribution >= 0.6 is 0 Å². The van der Waals surface area contributed by atoms with Crippen molar-refractivity contribution >= 4 is 21.6 Å². The van der Waals surface area contributed by atoms with Crippen LogP contribution in [0.5, 0.6) is 0 Å². The number of hydrogen-bond acceptors (Lipinski definition) is 3. The zero-order valence-electron chi connectivity index (χ0n) is 14.0. The van der Waals surface area contributed by atoms with E-state index in [9.17, 15) is 13.2 Å². The predicted molar refractivity (Wildman–Crippen MR) is 90.0 cm³/mol. The van der Waals surface area contributed by atoms with Crippen LogP contribution in [0.25, 0.3) is 0 Å². The topological polar surface area (TPSA) is 79.7 Å². The molecule has 1 heterocycles. The van der Waals surface area contributed by atoms with E-state index in [2.05, 4.69) is 17.0 Å². The second kappa shape index (κ2) is 7.42. The number of carbonyl (C=O) groups excluding carboxylic acids is 1. The molecule has 1 aliphatic rings. The highest BCUT2D eigenvalue weighted by Crippen LogP contribution is 2.19. The Bertz CT molecular complexity index is 673. The minimum Gasteiger partial charge on any atom is -0.327 e. The minimum absolute atomic E-state index is 0.0780. The van der Waals surface area contributed by atoms with Gasteiger partial charge in [-0.2, -0.15) is 0 Å². The van der Waals surface area contributed by atoms with Gasteiger partial charge in [0.25, 0.3) is 5.91 Å². The Morgan fingerprint density at radius 2 is 2.13 bits per heavy atom. The molecular formula is C16H26N3O3S+. The molecular weight excluding hydrogens is 314 g/mol. The summed E-state index contributed by atoms with van der Waals surface area (Å²) in [6, 6.07) is 4.94. The number of likely N-dealkylation sites (tertiary alicyclic amines) is 1. The molecule has 6 nitrogen and oxygen atoms in total. The van der Waals surface area contributed by atoms with Crippen LogP contribution < -0.4 is 14.9 Å². The number of rotatable bonds is 5. The van der Waals surface area contributed by atoms with Gasteiger partial charge in [-0.05, 0) is 44.5 Å². The zero-order chi connectivity index (χ0) is 17.0. The fourth-order valence-electron chi connectivity index (χ4n) is 3.07. The van der Waals surface area contributed by atoms with E-state index in [0.717, 1.165) is 19.5 Å². The van der Waals surface area contributed by atoms with Gasteiger partial charge in [0.15, 0.2) is 6.54 Å². The van der Waals surface area contributed by atoms with Crippen molar-refractivity contribution in [3.05, 3.63) is 23.8 Å². The number of nitrogens with one attached hydrogen (secondary N) is 3. The zero-order valence-corrected chi connectivity index (χ0v) is 14.8. The molecule has 23 heavy (non-hydrogen) atoms. The molecule has 0 radical (unpaired) electrons. The van der Waals surface area contributed by atoms with Gasteiger partial charge in [-0.25, -0.2) is 13.1 Å². The summed E-state index contributed by atoms with van der Waals surface area (Å²) in [4.78, 5) is 13.7. The Labute approximate surface area is 138 Å². The van der Waals surface area contributed by atoms with Crippen LogP contribution in [0.1, 0.15) is 25.3 Å². The standard InChI is InChI=1S/C16H25N3O3S/c1-12-5-4-8-19(10-12)11-16(20)18-14-7-6-13(2)15(9-14)23(21,22)17-3/h6-7,9,12,17H,4-5,8,10-11H2,1-3H3,(H,18,20)/p+1/t12-/m1/s1. The van der Waals surface area contributed by atoms with Gasteiger partial charge in [-0.15, -0.1) is 0 Å². The number of aryl methyl sites for hydroxylation is 1. The molecule has 0 aromatic heterocycles. The Balaban J connectivity index is 2.05. The highest BCUT2D eigenvalue weighted by atomic mass is 32.2. The molecule has 7 heteroatoms. The van der Waals surface area contributed by atoms with Crippen LogP contribution in [0.4, 0.5) is 5.69 Å². The average molecular weight is 340 g/mol. The summed E-state index contributed by atoms with van der Waals surface area (Å²) < 4.78 is 26.3. The van der Waals surface area contributed by atoms with Crippen LogP contribution in [-0.4, -0.2) is 41.0 Å². The van der Waals surface area contributed by atoms with E-state index in [1.54, 1.807) is 19.1 Å². The van der Waals surface area contributed by atoms with Gasteiger partial charge >= 0.3 is 0 Å². The normalized spacial score (nSPS) is 21.9. The predicted octanol–water partition coefficient (Wildman–Crippen LogP) is 0.156. The fourth-order valence-corrected chi connectivity index (χ4v) is 4.06. The van der Waals surface area contributed by atoms with E-state index in [0.29, 0.717) is 23.7 Å². The van der Waals surface area contributed by atoms with Gasteiger partial charge in [0.1, 0.15) is 0 Å². The number of anilines is 1. The molecule has 2 atom stereocenters. The van der Waals surface area contributed by atoms with Gasteiger partial charge < -0.3 is 10.2 Å². The molecule has 0 saturated carbocycles. The highest BCUT2D eigenvalue weighted by molar-refractivity contribution is 7.89. The van der Waals surface area contributed by atoms with Crippen molar-refractivity contribution in [3.63, 3.8) is 0 Å². The van der Waals surface area contributed by atoms with Crippen molar-refractivity contribution in [3.8, 4) is 0 Å². The van der Waals surface area contributed by atoms with Crippen molar-refractivity contribution in [2.75, 3.05) is 32.0 Å². The van der Waals surface area contributed by atoms with Crippen molar-refractivity contribution in [1.29, 1.82) is 0 Å². The number of carbonyl (C=O) groups is 1. The van der Waals surface area contributed by atoms with Crippen molar-refractivity contribution in [2.24, 2.45) is 5.92 Å². The molecule has 3 N–H and O–H groups in total. The first-order valence-electron chi connectivity index (χ1n) is 7.99. The smallest absolute Gasteiger partial charge is 0.279 e. The third-order valence-corrected chi connectivity index (χ3v) is 5.86. The first kappa shape index (κ1) is 17.9.